The molecule has 20 heavy (non-hydrogen) atoms. The van der Waals surface area contributed by atoms with Gasteiger partial charge < -0.3 is 0 Å². The molecule has 1 saturated carbocycles. The van der Waals surface area contributed by atoms with Gasteiger partial charge in [-0.05, 0) is 12.8 Å². The van der Waals surface area contributed by atoms with Crippen molar-refractivity contribution in [2.24, 2.45) is 25.0 Å². The quantitative estimate of drug-likeness (QED) is 0.798. The maximum Gasteiger partial charge on any atom is 0.330 e. The zero-order valence-corrected chi connectivity index (χ0v) is 13.0. The van der Waals surface area contributed by atoms with Crippen LogP contribution in [0.15, 0.2) is 9.79 Å². The molecule has 0 radical (unpaired) electrons. The molecule has 0 amide bonds. The van der Waals surface area contributed by atoms with E-state index in [-0.39, 0.29) is 11.6 Å². The summed E-state index contributed by atoms with van der Waals surface area (Å²) in [6.45, 7) is 0. The van der Waals surface area contributed by atoms with Gasteiger partial charge in [-0.2, -0.15) is 0 Å². The number of aromatic nitrogens is 2. The molecule has 0 N–H and O–H groups in total. The smallest absolute Gasteiger partial charge is 0.298 e. The van der Waals surface area contributed by atoms with Gasteiger partial charge in [0.25, 0.3) is 0 Å². The van der Waals surface area contributed by atoms with E-state index in [0.29, 0.717) is 28.4 Å². The van der Waals surface area contributed by atoms with Crippen molar-refractivity contribution in [3.05, 3.63) is 20.7 Å². The predicted molar refractivity (Wildman–Crippen MR) is 82.5 cm³/mol. The van der Waals surface area contributed by atoms with E-state index in [1.54, 1.807) is 14.1 Å². The Balaban J connectivity index is 1.83. The minimum absolute atomic E-state index is 0.169. The zero-order chi connectivity index (χ0) is 14.4. The minimum atomic E-state index is -0.169. The number of thioether (sulfide) groups is 1. The third kappa shape index (κ3) is 2.29. The molecule has 2 aliphatic rings. The summed E-state index contributed by atoms with van der Waals surface area (Å²) < 4.78 is 3.52. The van der Waals surface area contributed by atoms with E-state index in [1.807, 2.05) is 0 Å². The fourth-order valence-corrected chi connectivity index (χ4v) is 3.45. The van der Waals surface area contributed by atoms with Crippen molar-refractivity contribution in [2.75, 3.05) is 5.75 Å². The first-order valence-corrected chi connectivity index (χ1v) is 7.90. The van der Waals surface area contributed by atoms with Crippen molar-refractivity contribution in [3.63, 3.8) is 0 Å². The molecule has 1 aromatic rings. The Morgan fingerprint density at radius 3 is 2.75 bits per heavy atom. The van der Waals surface area contributed by atoms with Crippen LogP contribution in [-0.2, 0) is 25.3 Å². The second kappa shape index (κ2) is 4.96. The fraction of sp³-hybridized carbons (Fsp3) is 0.538. The maximum atomic E-state index is 11.9. The highest BCUT2D eigenvalue weighted by Gasteiger charge is 2.30. The summed E-state index contributed by atoms with van der Waals surface area (Å²) in [7, 11) is 3.37. The summed E-state index contributed by atoms with van der Waals surface area (Å²) >= 11 is 6.78. The molecule has 0 aromatic carbocycles. The summed E-state index contributed by atoms with van der Waals surface area (Å²) in [6, 6.07) is 0. The summed E-state index contributed by atoms with van der Waals surface area (Å²) in [5, 5.41) is 0.876. The van der Waals surface area contributed by atoms with Crippen molar-refractivity contribution in [3.8, 4) is 0 Å². The molecule has 1 fully saturated rings. The van der Waals surface area contributed by atoms with Crippen LogP contribution in [0, 0.1) is 10.6 Å². The molecule has 0 unspecified atom stereocenters. The SMILES string of the molecule is Cn1c2c(c(=S)n(C)c1=O)CC(SCC(=O)C1CC1)=N2. The van der Waals surface area contributed by atoms with E-state index >= 15 is 0 Å². The Labute approximate surface area is 125 Å². The molecule has 0 atom stereocenters. The molecule has 1 aromatic heterocycles. The van der Waals surface area contributed by atoms with E-state index in [2.05, 4.69) is 4.99 Å². The average molecular weight is 309 g/mol. The highest BCUT2D eigenvalue weighted by molar-refractivity contribution is 8.14. The monoisotopic (exact) mass is 309 g/mol. The Bertz CT molecular complexity index is 741. The minimum Gasteiger partial charge on any atom is -0.298 e. The standard InChI is InChI=1S/C13H15N3O2S2/c1-15-11-8(12(19)16(2)13(15)18)5-10(14-11)20-6-9(17)7-3-4-7/h7H,3-6H2,1-2H3. The Kier molecular flexibility index (Phi) is 3.41. The normalized spacial score (nSPS) is 17.0. The molecule has 0 saturated heterocycles. The van der Waals surface area contributed by atoms with Gasteiger partial charge in [0.15, 0.2) is 0 Å². The second-order valence-electron chi connectivity index (χ2n) is 5.22. The number of carbonyl (C=O) groups is 1. The van der Waals surface area contributed by atoms with Gasteiger partial charge in [0.05, 0.1) is 10.8 Å². The first-order valence-electron chi connectivity index (χ1n) is 6.51. The van der Waals surface area contributed by atoms with Gasteiger partial charge in [-0.3, -0.25) is 13.9 Å². The Hall–Kier alpha value is -1.21. The first kappa shape index (κ1) is 13.8. The third-order valence-corrected chi connectivity index (χ3v) is 5.21. The van der Waals surface area contributed by atoms with Crippen LogP contribution >= 0.6 is 24.0 Å². The van der Waals surface area contributed by atoms with Gasteiger partial charge in [-0.1, -0.05) is 12.2 Å². The van der Waals surface area contributed by atoms with Crippen LogP contribution in [0.1, 0.15) is 18.4 Å². The van der Waals surface area contributed by atoms with E-state index in [9.17, 15) is 9.59 Å². The summed E-state index contributed by atoms with van der Waals surface area (Å²) in [4.78, 5) is 28.1. The lowest BCUT2D eigenvalue weighted by atomic mass is 10.2. The fourth-order valence-electron chi connectivity index (χ4n) is 2.27. The van der Waals surface area contributed by atoms with Crippen LogP contribution in [0.3, 0.4) is 0 Å². The van der Waals surface area contributed by atoms with Gasteiger partial charge in [0, 0.05) is 32.0 Å². The van der Waals surface area contributed by atoms with Crippen molar-refractivity contribution < 1.29 is 4.79 Å². The predicted octanol–water partition coefficient (Wildman–Crippen LogP) is 1.75. The van der Waals surface area contributed by atoms with E-state index in [1.165, 1.54) is 20.9 Å². The third-order valence-electron chi connectivity index (χ3n) is 3.70. The van der Waals surface area contributed by atoms with Crippen molar-refractivity contribution in [2.45, 2.75) is 19.3 Å². The number of aliphatic imine (C=N–C) groups is 1. The number of ketones is 1. The van der Waals surface area contributed by atoms with Crippen molar-refractivity contribution in [1.82, 2.24) is 9.13 Å². The molecule has 1 aliphatic heterocycles. The molecular formula is C13H15N3O2S2. The van der Waals surface area contributed by atoms with Crippen LogP contribution in [0.5, 0.6) is 0 Å². The molecular weight excluding hydrogens is 294 g/mol. The maximum absolute atomic E-state index is 11.9. The lowest BCUT2D eigenvalue weighted by Crippen LogP contribution is -2.28. The van der Waals surface area contributed by atoms with Gasteiger partial charge >= 0.3 is 5.69 Å². The number of Topliss-reactive ketones (excluding diaryl/α,β-unsaturated/α-hetero) is 1. The van der Waals surface area contributed by atoms with E-state index < -0.39 is 0 Å². The van der Waals surface area contributed by atoms with Gasteiger partial charge in [0.1, 0.15) is 16.2 Å². The highest BCUT2D eigenvalue weighted by atomic mass is 32.2. The van der Waals surface area contributed by atoms with Crippen LogP contribution in [-0.4, -0.2) is 25.7 Å². The van der Waals surface area contributed by atoms with E-state index in [4.69, 9.17) is 12.2 Å². The zero-order valence-electron chi connectivity index (χ0n) is 11.4. The second-order valence-corrected chi connectivity index (χ2v) is 6.65. The van der Waals surface area contributed by atoms with Crippen LogP contribution < -0.4 is 5.69 Å². The lowest BCUT2D eigenvalue weighted by Gasteiger charge is -2.07. The van der Waals surface area contributed by atoms with Gasteiger partial charge in [0.2, 0.25) is 0 Å². The summed E-state index contributed by atoms with van der Waals surface area (Å²) in [5.41, 5.74) is 0.740. The first-order chi connectivity index (χ1) is 9.49. The summed E-state index contributed by atoms with van der Waals surface area (Å²) in [6.07, 6.45) is 2.69. The number of nitrogens with zero attached hydrogens (tertiary/aromatic N) is 3. The van der Waals surface area contributed by atoms with Crippen molar-refractivity contribution >= 4 is 40.6 Å². The molecule has 106 valence electrons. The molecule has 7 heteroatoms. The highest BCUT2D eigenvalue weighted by Crippen LogP contribution is 2.33. The summed E-state index contributed by atoms with van der Waals surface area (Å²) in [5.74, 6) is 1.71. The van der Waals surface area contributed by atoms with Gasteiger partial charge in [-0.25, -0.2) is 9.79 Å². The Morgan fingerprint density at radius 2 is 2.10 bits per heavy atom. The number of carbonyl (C=O) groups excluding carboxylic acids is 1. The van der Waals surface area contributed by atoms with Crippen LogP contribution in [0.4, 0.5) is 5.82 Å². The lowest BCUT2D eigenvalue weighted by molar-refractivity contribution is -0.117. The molecule has 5 nitrogen and oxygen atoms in total. The topological polar surface area (TPSA) is 56.4 Å². The molecule has 3 rings (SSSR count). The van der Waals surface area contributed by atoms with Crippen LogP contribution in [0.25, 0.3) is 0 Å². The Morgan fingerprint density at radius 1 is 1.40 bits per heavy atom. The number of hydrogen-bond donors (Lipinski definition) is 0. The number of rotatable bonds is 3. The molecule has 0 spiro atoms. The largest absolute Gasteiger partial charge is 0.330 e. The number of hydrogen-bond acceptors (Lipinski definition) is 5. The van der Waals surface area contributed by atoms with Crippen LogP contribution in [0.2, 0.25) is 0 Å². The molecule has 2 heterocycles. The average Bonchev–Trinajstić information content (AvgIpc) is 3.20. The molecule has 0 bridgehead atoms. The van der Waals surface area contributed by atoms with Crippen molar-refractivity contribution in [1.29, 1.82) is 0 Å². The van der Waals surface area contributed by atoms with E-state index in [0.717, 1.165) is 23.4 Å². The number of fused-ring (bicyclic) bond motifs is 1. The molecule has 1 aliphatic carbocycles. The van der Waals surface area contributed by atoms with Gasteiger partial charge in [-0.15, -0.1) is 11.8 Å².